The second-order valence-electron chi connectivity index (χ2n) is 2.65. The number of rotatable bonds is 5. The zero-order valence-electron chi connectivity index (χ0n) is 8.13. The highest BCUT2D eigenvalue weighted by Crippen LogP contribution is 2.02. The molecule has 0 saturated carbocycles. The molecule has 72 valence electrons. The van der Waals surface area contributed by atoms with Gasteiger partial charge in [-0.15, -0.1) is 0 Å². The predicted molar refractivity (Wildman–Crippen MR) is 49.3 cm³/mol. The molecule has 0 heterocycles. The fourth-order valence-corrected chi connectivity index (χ4v) is 1.37. The van der Waals surface area contributed by atoms with Crippen LogP contribution in [0.3, 0.4) is 0 Å². The Morgan fingerprint density at radius 2 is 1.92 bits per heavy atom. The molecule has 0 aromatic heterocycles. The van der Waals surface area contributed by atoms with E-state index in [0.717, 1.165) is 19.5 Å². The van der Waals surface area contributed by atoms with Crippen molar-refractivity contribution in [3.05, 3.63) is 0 Å². The number of amides is 1. The van der Waals surface area contributed by atoms with Crippen LogP contribution in [0, 0.1) is 0 Å². The molecule has 1 atom stereocenters. The maximum Gasteiger partial charge on any atom is 0.251 e. The average Bonchev–Trinajstić information content (AvgIpc) is 2.12. The normalized spacial score (nSPS) is 13.1. The summed E-state index contributed by atoms with van der Waals surface area (Å²) in [6, 6.07) is -0.0787. The van der Waals surface area contributed by atoms with Gasteiger partial charge in [0.15, 0.2) is 0 Å². The molecule has 4 heteroatoms. The van der Waals surface area contributed by atoms with Crippen LogP contribution in [0.15, 0.2) is 0 Å². The zero-order chi connectivity index (χ0) is 9.56. The molecule has 0 aromatic carbocycles. The summed E-state index contributed by atoms with van der Waals surface area (Å²) in [6.07, 6.45) is 0.796. The molecule has 0 rings (SSSR count). The number of likely N-dealkylation sites (N-methyl/N-ethyl adjacent to an activating group) is 1. The number of nitrogens with zero attached hydrogens (tertiary/aromatic N) is 1. The number of hydrazine groups is 1. The zero-order valence-corrected chi connectivity index (χ0v) is 8.13. The van der Waals surface area contributed by atoms with E-state index in [1.807, 2.05) is 20.8 Å². The largest absolute Gasteiger partial charge is 0.293 e. The van der Waals surface area contributed by atoms with Crippen LogP contribution in [-0.4, -0.2) is 29.9 Å². The van der Waals surface area contributed by atoms with E-state index in [0.29, 0.717) is 0 Å². The van der Waals surface area contributed by atoms with Gasteiger partial charge >= 0.3 is 0 Å². The summed E-state index contributed by atoms with van der Waals surface area (Å²) in [6.45, 7) is 7.81. The van der Waals surface area contributed by atoms with Crippen LogP contribution in [0.25, 0.3) is 0 Å². The minimum Gasteiger partial charge on any atom is -0.293 e. The van der Waals surface area contributed by atoms with Gasteiger partial charge < -0.3 is 0 Å². The molecule has 1 amide bonds. The fraction of sp³-hybridized carbons (Fsp3) is 0.875. The van der Waals surface area contributed by atoms with Crippen molar-refractivity contribution in [3.8, 4) is 0 Å². The van der Waals surface area contributed by atoms with E-state index in [1.165, 1.54) is 0 Å². The van der Waals surface area contributed by atoms with E-state index in [1.54, 1.807) is 0 Å². The van der Waals surface area contributed by atoms with Gasteiger partial charge in [0.05, 0.1) is 6.04 Å². The Kier molecular flexibility index (Phi) is 5.66. The molecule has 4 nitrogen and oxygen atoms in total. The van der Waals surface area contributed by atoms with E-state index in [2.05, 4.69) is 10.3 Å². The van der Waals surface area contributed by atoms with Crippen molar-refractivity contribution in [2.45, 2.75) is 33.2 Å². The number of carbonyl (C=O) groups excluding carboxylic acids is 1. The van der Waals surface area contributed by atoms with E-state index in [9.17, 15) is 4.79 Å². The lowest BCUT2D eigenvalue weighted by molar-refractivity contribution is -0.126. The average molecular weight is 173 g/mol. The third-order valence-corrected chi connectivity index (χ3v) is 2.08. The molecule has 0 spiro atoms. The lowest BCUT2D eigenvalue weighted by Gasteiger charge is -2.26. The number of nitrogens with two attached hydrogens (primary N) is 1. The SMILES string of the molecule is CC[C@H](C(=O)NN)N(CC)CC. The first kappa shape index (κ1) is 11.4. The first-order valence-corrected chi connectivity index (χ1v) is 4.45. The smallest absolute Gasteiger partial charge is 0.251 e. The molecule has 0 radical (unpaired) electrons. The maximum absolute atomic E-state index is 11.2. The van der Waals surface area contributed by atoms with Crippen LogP contribution in [0.2, 0.25) is 0 Å². The van der Waals surface area contributed by atoms with Crippen LogP contribution >= 0.6 is 0 Å². The van der Waals surface area contributed by atoms with Crippen LogP contribution in [-0.2, 0) is 4.79 Å². The molecular formula is C8H19N3O. The van der Waals surface area contributed by atoms with Gasteiger partial charge in [-0.1, -0.05) is 20.8 Å². The van der Waals surface area contributed by atoms with Crippen LogP contribution < -0.4 is 11.3 Å². The summed E-state index contributed by atoms with van der Waals surface area (Å²) in [4.78, 5) is 13.3. The monoisotopic (exact) mass is 173 g/mol. The Bertz CT molecular complexity index is 134. The molecule has 0 aliphatic carbocycles. The van der Waals surface area contributed by atoms with Gasteiger partial charge in [0, 0.05) is 0 Å². The number of hydrogen-bond acceptors (Lipinski definition) is 3. The van der Waals surface area contributed by atoms with E-state index in [-0.39, 0.29) is 11.9 Å². The summed E-state index contributed by atoms with van der Waals surface area (Å²) < 4.78 is 0. The van der Waals surface area contributed by atoms with Gasteiger partial charge in [-0.2, -0.15) is 0 Å². The molecule has 0 aliphatic heterocycles. The molecule has 0 fully saturated rings. The van der Waals surface area contributed by atoms with Gasteiger partial charge in [-0.25, -0.2) is 5.84 Å². The van der Waals surface area contributed by atoms with Crippen molar-refractivity contribution in [1.82, 2.24) is 10.3 Å². The summed E-state index contributed by atoms with van der Waals surface area (Å²) in [5.41, 5.74) is 2.18. The first-order valence-electron chi connectivity index (χ1n) is 4.45. The van der Waals surface area contributed by atoms with Gasteiger partial charge in [0.1, 0.15) is 0 Å². The second kappa shape index (κ2) is 5.97. The molecule has 0 saturated heterocycles. The Hall–Kier alpha value is -0.610. The maximum atomic E-state index is 11.2. The van der Waals surface area contributed by atoms with E-state index < -0.39 is 0 Å². The Morgan fingerprint density at radius 3 is 2.17 bits per heavy atom. The van der Waals surface area contributed by atoms with E-state index >= 15 is 0 Å². The summed E-state index contributed by atoms with van der Waals surface area (Å²) in [7, 11) is 0. The molecule has 0 aromatic rings. The van der Waals surface area contributed by atoms with Gasteiger partial charge in [0.2, 0.25) is 0 Å². The molecular weight excluding hydrogens is 154 g/mol. The highest BCUT2D eigenvalue weighted by Gasteiger charge is 2.20. The van der Waals surface area contributed by atoms with Crippen molar-refractivity contribution in [2.75, 3.05) is 13.1 Å². The van der Waals surface area contributed by atoms with Crippen molar-refractivity contribution in [3.63, 3.8) is 0 Å². The number of carbonyl (C=O) groups is 1. The number of hydrogen-bond donors (Lipinski definition) is 2. The van der Waals surface area contributed by atoms with Crippen molar-refractivity contribution in [2.24, 2.45) is 5.84 Å². The Labute approximate surface area is 74.1 Å². The third kappa shape index (κ3) is 2.79. The topological polar surface area (TPSA) is 58.4 Å². The summed E-state index contributed by atoms with van der Waals surface area (Å²) in [5.74, 6) is 4.97. The highest BCUT2D eigenvalue weighted by molar-refractivity contribution is 5.81. The lowest BCUT2D eigenvalue weighted by Crippen LogP contribution is -2.48. The van der Waals surface area contributed by atoms with Crippen LogP contribution in [0.5, 0.6) is 0 Å². The van der Waals surface area contributed by atoms with Gasteiger partial charge in [-0.3, -0.25) is 15.1 Å². The van der Waals surface area contributed by atoms with Crippen molar-refractivity contribution < 1.29 is 4.79 Å². The number of nitrogens with one attached hydrogen (secondary N) is 1. The van der Waals surface area contributed by atoms with Crippen molar-refractivity contribution >= 4 is 5.91 Å². The minimum atomic E-state index is -0.0961. The fourth-order valence-electron chi connectivity index (χ4n) is 1.37. The summed E-state index contributed by atoms with van der Waals surface area (Å²) in [5, 5.41) is 0. The van der Waals surface area contributed by atoms with E-state index in [4.69, 9.17) is 5.84 Å². The molecule has 0 aliphatic rings. The quantitative estimate of drug-likeness (QED) is 0.352. The highest BCUT2D eigenvalue weighted by atomic mass is 16.2. The Morgan fingerprint density at radius 1 is 1.42 bits per heavy atom. The first-order chi connectivity index (χ1) is 5.71. The minimum absolute atomic E-state index is 0.0787. The second-order valence-corrected chi connectivity index (χ2v) is 2.65. The molecule has 0 unspecified atom stereocenters. The lowest BCUT2D eigenvalue weighted by atomic mass is 10.2. The molecule has 12 heavy (non-hydrogen) atoms. The third-order valence-electron chi connectivity index (χ3n) is 2.08. The van der Waals surface area contributed by atoms with Crippen LogP contribution in [0.1, 0.15) is 27.2 Å². The van der Waals surface area contributed by atoms with Crippen molar-refractivity contribution in [1.29, 1.82) is 0 Å². The van der Waals surface area contributed by atoms with Gasteiger partial charge in [-0.05, 0) is 19.5 Å². The van der Waals surface area contributed by atoms with Crippen LogP contribution in [0.4, 0.5) is 0 Å². The summed E-state index contributed by atoms with van der Waals surface area (Å²) >= 11 is 0. The molecule has 3 N–H and O–H groups in total. The molecule has 0 bridgehead atoms. The predicted octanol–water partition coefficient (Wildman–Crippen LogP) is 0.0967. The Balaban J connectivity index is 4.19. The van der Waals surface area contributed by atoms with Gasteiger partial charge in [0.25, 0.3) is 5.91 Å². The standard InChI is InChI=1S/C8H19N3O/c1-4-7(8(12)10-9)11(5-2)6-3/h7H,4-6,9H2,1-3H3,(H,10,12)/t7-/m1/s1.